The van der Waals surface area contributed by atoms with Gasteiger partial charge in [-0.15, -0.1) is 0 Å². The molecule has 11 heavy (non-hydrogen) atoms. The van der Waals surface area contributed by atoms with Crippen molar-refractivity contribution in [3.05, 3.63) is 0 Å². The molecule has 0 spiro atoms. The molecule has 0 aliphatic heterocycles. The summed E-state index contributed by atoms with van der Waals surface area (Å²) in [5.41, 5.74) is 5.73. The summed E-state index contributed by atoms with van der Waals surface area (Å²) in [6.45, 7) is 0. The van der Waals surface area contributed by atoms with Crippen molar-refractivity contribution < 1.29 is 4.79 Å². The van der Waals surface area contributed by atoms with Crippen molar-refractivity contribution in [1.82, 2.24) is 4.90 Å². The Labute approximate surface area is 67.5 Å². The van der Waals surface area contributed by atoms with Gasteiger partial charge in [-0.2, -0.15) is 0 Å². The van der Waals surface area contributed by atoms with Gasteiger partial charge in [-0.25, -0.2) is 0 Å². The van der Waals surface area contributed by atoms with Gasteiger partial charge in [0.1, 0.15) is 0 Å². The normalized spacial score (nSPS) is 20.6. The van der Waals surface area contributed by atoms with Crippen LogP contribution < -0.4 is 5.73 Å². The lowest BCUT2D eigenvalue weighted by Gasteiger charge is -2.38. The standard InChI is InChI=1S/C8H16N2O/c1-10(2)7(11)6-8(9)4-3-5-8/h3-6,9H2,1-2H3. The van der Waals surface area contributed by atoms with Gasteiger partial charge in [0, 0.05) is 26.1 Å². The summed E-state index contributed by atoms with van der Waals surface area (Å²) in [4.78, 5) is 12.8. The first-order chi connectivity index (χ1) is 5.03. The molecular weight excluding hydrogens is 140 g/mol. The average Bonchev–Trinajstić information content (AvgIpc) is 1.84. The summed E-state index contributed by atoms with van der Waals surface area (Å²) in [5.74, 6) is 0.146. The number of hydrogen-bond donors (Lipinski definition) is 1. The Balaban J connectivity index is 2.35. The summed E-state index contributed by atoms with van der Waals surface area (Å²) in [7, 11) is 3.54. The molecule has 0 heterocycles. The number of amides is 1. The van der Waals surface area contributed by atoms with Gasteiger partial charge in [0.25, 0.3) is 0 Å². The molecule has 1 fully saturated rings. The van der Waals surface area contributed by atoms with Crippen LogP contribution >= 0.6 is 0 Å². The fourth-order valence-electron chi connectivity index (χ4n) is 1.27. The van der Waals surface area contributed by atoms with Crippen LogP contribution in [-0.2, 0) is 4.79 Å². The fourth-order valence-corrected chi connectivity index (χ4v) is 1.27. The second-order valence-electron chi connectivity index (χ2n) is 3.68. The molecule has 0 aromatic heterocycles. The van der Waals surface area contributed by atoms with Crippen molar-refractivity contribution in [1.29, 1.82) is 0 Å². The summed E-state index contributed by atoms with van der Waals surface area (Å²) >= 11 is 0. The predicted octanol–water partition coefficient (Wildman–Crippen LogP) is 0.346. The molecule has 1 rings (SSSR count). The zero-order valence-corrected chi connectivity index (χ0v) is 7.26. The van der Waals surface area contributed by atoms with Crippen LogP contribution in [0.1, 0.15) is 25.7 Å². The van der Waals surface area contributed by atoms with Crippen molar-refractivity contribution >= 4 is 5.91 Å². The number of nitrogens with two attached hydrogens (primary N) is 1. The van der Waals surface area contributed by atoms with E-state index < -0.39 is 0 Å². The predicted molar refractivity (Wildman–Crippen MR) is 44.1 cm³/mol. The highest BCUT2D eigenvalue weighted by Gasteiger charge is 2.34. The molecule has 1 aliphatic rings. The minimum absolute atomic E-state index is 0.146. The maximum atomic E-state index is 11.2. The average molecular weight is 156 g/mol. The summed E-state index contributed by atoms with van der Waals surface area (Å²) in [6.07, 6.45) is 3.70. The van der Waals surface area contributed by atoms with E-state index in [1.54, 1.807) is 19.0 Å². The molecule has 1 saturated carbocycles. The van der Waals surface area contributed by atoms with Crippen LogP contribution in [-0.4, -0.2) is 30.4 Å². The Hall–Kier alpha value is -0.570. The first-order valence-corrected chi connectivity index (χ1v) is 4.03. The van der Waals surface area contributed by atoms with E-state index >= 15 is 0 Å². The summed E-state index contributed by atoms with van der Waals surface area (Å²) in [5, 5.41) is 0. The third-order valence-corrected chi connectivity index (χ3v) is 2.35. The minimum Gasteiger partial charge on any atom is -0.349 e. The summed E-state index contributed by atoms with van der Waals surface area (Å²) in [6, 6.07) is 0. The van der Waals surface area contributed by atoms with Crippen LogP contribution in [0.5, 0.6) is 0 Å². The Morgan fingerprint density at radius 2 is 2.09 bits per heavy atom. The van der Waals surface area contributed by atoms with Gasteiger partial charge in [-0.05, 0) is 19.3 Å². The van der Waals surface area contributed by atoms with E-state index in [4.69, 9.17) is 5.73 Å². The van der Waals surface area contributed by atoms with Gasteiger partial charge < -0.3 is 10.6 Å². The molecule has 0 aromatic carbocycles. The molecular formula is C8H16N2O. The van der Waals surface area contributed by atoms with Crippen LogP contribution in [0.25, 0.3) is 0 Å². The van der Waals surface area contributed by atoms with E-state index in [1.807, 2.05) is 0 Å². The fraction of sp³-hybridized carbons (Fsp3) is 0.875. The van der Waals surface area contributed by atoms with Crippen LogP contribution in [0, 0.1) is 0 Å². The number of nitrogens with zero attached hydrogens (tertiary/aromatic N) is 1. The molecule has 0 bridgehead atoms. The molecule has 1 amide bonds. The molecule has 0 atom stereocenters. The Bertz CT molecular complexity index is 161. The van der Waals surface area contributed by atoms with Gasteiger partial charge in [-0.3, -0.25) is 4.79 Å². The van der Waals surface area contributed by atoms with Crippen molar-refractivity contribution in [2.24, 2.45) is 5.73 Å². The molecule has 0 saturated heterocycles. The zero-order chi connectivity index (χ0) is 8.48. The number of hydrogen-bond acceptors (Lipinski definition) is 2. The molecule has 3 nitrogen and oxygen atoms in total. The van der Waals surface area contributed by atoms with Gasteiger partial charge in [0.2, 0.25) is 5.91 Å². The minimum atomic E-state index is -0.165. The molecule has 2 N–H and O–H groups in total. The number of rotatable bonds is 2. The maximum Gasteiger partial charge on any atom is 0.223 e. The molecule has 0 unspecified atom stereocenters. The van der Waals surface area contributed by atoms with E-state index in [9.17, 15) is 4.79 Å². The highest BCUT2D eigenvalue weighted by molar-refractivity contribution is 5.77. The van der Waals surface area contributed by atoms with Crippen molar-refractivity contribution in [2.75, 3.05) is 14.1 Å². The topological polar surface area (TPSA) is 46.3 Å². The highest BCUT2D eigenvalue weighted by atomic mass is 16.2. The molecule has 1 aliphatic carbocycles. The first kappa shape index (κ1) is 8.53. The lowest BCUT2D eigenvalue weighted by atomic mass is 9.75. The molecule has 0 radical (unpaired) electrons. The Kier molecular flexibility index (Phi) is 2.18. The van der Waals surface area contributed by atoms with Crippen LogP contribution in [0.15, 0.2) is 0 Å². The first-order valence-electron chi connectivity index (χ1n) is 4.03. The smallest absolute Gasteiger partial charge is 0.223 e. The Morgan fingerprint density at radius 1 is 1.55 bits per heavy atom. The zero-order valence-electron chi connectivity index (χ0n) is 7.26. The lowest BCUT2D eigenvalue weighted by molar-refractivity contribution is -0.130. The third-order valence-electron chi connectivity index (χ3n) is 2.35. The molecule has 0 aromatic rings. The lowest BCUT2D eigenvalue weighted by Crippen LogP contribution is -2.49. The van der Waals surface area contributed by atoms with Gasteiger partial charge in [-0.1, -0.05) is 0 Å². The molecule has 3 heteroatoms. The van der Waals surface area contributed by atoms with Crippen LogP contribution in [0.4, 0.5) is 0 Å². The number of carbonyl (C=O) groups excluding carboxylic acids is 1. The highest BCUT2D eigenvalue weighted by Crippen LogP contribution is 2.32. The van der Waals surface area contributed by atoms with Crippen molar-refractivity contribution in [2.45, 2.75) is 31.2 Å². The third kappa shape index (κ3) is 1.93. The van der Waals surface area contributed by atoms with Crippen molar-refractivity contribution in [3.63, 3.8) is 0 Å². The van der Waals surface area contributed by atoms with Crippen LogP contribution in [0.3, 0.4) is 0 Å². The second kappa shape index (κ2) is 2.81. The van der Waals surface area contributed by atoms with Gasteiger partial charge in [0.15, 0.2) is 0 Å². The quantitative estimate of drug-likeness (QED) is 0.627. The maximum absolute atomic E-state index is 11.2. The van der Waals surface area contributed by atoms with E-state index in [2.05, 4.69) is 0 Å². The van der Waals surface area contributed by atoms with E-state index in [-0.39, 0.29) is 11.4 Å². The SMILES string of the molecule is CN(C)C(=O)CC1(N)CCC1. The van der Waals surface area contributed by atoms with Crippen LogP contribution in [0.2, 0.25) is 0 Å². The van der Waals surface area contributed by atoms with E-state index in [1.165, 1.54) is 6.42 Å². The largest absolute Gasteiger partial charge is 0.349 e. The van der Waals surface area contributed by atoms with Gasteiger partial charge >= 0.3 is 0 Å². The Morgan fingerprint density at radius 3 is 2.36 bits per heavy atom. The molecule has 64 valence electrons. The number of carbonyl (C=O) groups is 1. The second-order valence-corrected chi connectivity index (χ2v) is 3.68. The van der Waals surface area contributed by atoms with Crippen molar-refractivity contribution in [3.8, 4) is 0 Å². The van der Waals surface area contributed by atoms with E-state index in [0.29, 0.717) is 6.42 Å². The monoisotopic (exact) mass is 156 g/mol. The van der Waals surface area contributed by atoms with Gasteiger partial charge in [0.05, 0.1) is 0 Å². The van der Waals surface area contributed by atoms with E-state index in [0.717, 1.165) is 12.8 Å². The summed E-state index contributed by atoms with van der Waals surface area (Å²) < 4.78 is 0.